The molecule has 2 rings (SSSR count). The van der Waals surface area contributed by atoms with E-state index in [0.29, 0.717) is 0 Å². The number of thiophene rings is 1. The summed E-state index contributed by atoms with van der Waals surface area (Å²) in [6.07, 6.45) is 6.50. The van der Waals surface area contributed by atoms with Gasteiger partial charge in [0.25, 0.3) is 0 Å². The molecule has 0 saturated carbocycles. The molecule has 2 heterocycles. The lowest BCUT2D eigenvalue weighted by Gasteiger charge is -2.39. The Morgan fingerprint density at radius 2 is 2.13 bits per heavy atom. The van der Waals surface area contributed by atoms with Crippen molar-refractivity contribution in [1.82, 2.24) is 5.32 Å². The van der Waals surface area contributed by atoms with Crippen molar-refractivity contribution >= 4 is 11.3 Å². The van der Waals surface area contributed by atoms with Crippen LogP contribution in [0.1, 0.15) is 64.7 Å². The van der Waals surface area contributed by atoms with E-state index in [1.165, 1.54) is 37.0 Å². The first-order valence-corrected chi connectivity index (χ1v) is 10.2. The van der Waals surface area contributed by atoms with Crippen LogP contribution in [0.25, 0.3) is 0 Å². The molecule has 1 fully saturated rings. The second kappa shape index (κ2) is 9.19. The lowest BCUT2D eigenvalue weighted by molar-refractivity contribution is -0.0839. The normalized spacial score (nSPS) is 22.4. The quantitative estimate of drug-likeness (QED) is 0.602. The molecule has 132 valence electrons. The monoisotopic (exact) mass is 337 g/mol. The highest BCUT2D eigenvalue weighted by molar-refractivity contribution is 7.09. The molecule has 1 saturated heterocycles. The van der Waals surface area contributed by atoms with E-state index in [-0.39, 0.29) is 5.60 Å². The summed E-state index contributed by atoms with van der Waals surface area (Å²) < 4.78 is 5.93. The van der Waals surface area contributed by atoms with Crippen molar-refractivity contribution in [1.29, 1.82) is 0 Å². The van der Waals surface area contributed by atoms with Gasteiger partial charge in [-0.1, -0.05) is 26.3 Å². The van der Waals surface area contributed by atoms with E-state index in [0.717, 1.165) is 37.5 Å². The highest BCUT2D eigenvalue weighted by atomic mass is 32.1. The van der Waals surface area contributed by atoms with Crippen LogP contribution >= 0.6 is 11.3 Å². The molecule has 1 aromatic rings. The Labute approximate surface area is 147 Å². The van der Waals surface area contributed by atoms with E-state index in [9.17, 15) is 0 Å². The van der Waals surface area contributed by atoms with Gasteiger partial charge in [0.2, 0.25) is 0 Å². The van der Waals surface area contributed by atoms with E-state index in [4.69, 9.17) is 4.74 Å². The summed E-state index contributed by atoms with van der Waals surface area (Å²) in [5, 5.41) is 5.80. The highest BCUT2D eigenvalue weighted by Crippen LogP contribution is 2.37. The van der Waals surface area contributed by atoms with Crippen LogP contribution in [0.15, 0.2) is 17.5 Å². The second-order valence-electron chi connectivity index (χ2n) is 8.14. The Kier molecular flexibility index (Phi) is 7.58. The zero-order valence-corrected chi connectivity index (χ0v) is 16.3. The fraction of sp³-hybridized carbons (Fsp3) is 0.800. The SMILES string of the molecule is CC(C)CCC(CCNCc1cccs1)C1CCOC(C)(C)C1. The van der Waals surface area contributed by atoms with Crippen molar-refractivity contribution in [3.8, 4) is 0 Å². The number of rotatable bonds is 9. The van der Waals surface area contributed by atoms with Gasteiger partial charge in [-0.15, -0.1) is 11.3 Å². The van der Waals surface area contributed by atoms with Crippen LogP contribution in [0.2, 0.25) is 0 Å². The molecule has 0 spiro atoms. The fourth-order valence-electron chi connectivity index (χ4n) is 3.76. The van der Waals surface area contributed by atoms with Crippen LogP contribution in [-0.2, 0) is 11.3 Å². The maximum atomic E-state index is 5.93. The summed E-state index contributed by atoms with van der Waals surface area (Å²) in [4.78, 5) is 1.44. The molecule has 23 heavy (non-hydrogen) atoms. The molecule has 2 unspecified atom stereocenters. The van der Waals surface area contributed by atoms with Crippen LogP contribution in [0, 0.1) is 17.8 Å². The Morgan fingerprint density at radius 3 is 2.78 bits per heavy atom. The molecule has 0 bridgehead atoms. The average Bonchev–Trinajstić information content (AvgIpc) is 2.98. The molecule has 0 aromatic carbocycles. The zero-order valence-electron chi connectivity index (χ0n) is 15.4. The van der Waals surface area contributed by atoms with Crippen molar-refractivity contribution in [2.45, 2.75) is 71.9 Å². The smallest absolute Gasteiger partial charge is 0.0629 e. The topological polar surface area (TPSA) is 21.3 Å². The van der Waals surface area contributed by atoms with E-state index < -0.39 is 0 Å². The molecule has 2 nitrogen and oxygen atoms in total. The Bertz CT molecular complexity index is 427. The lowest BCUT2D eigenvalue weighted by Crippen LogP contribution is -2.37. The molecule has 1 aliphatic heterocycles. The molecule has 0 radical (unpaired) electrons. The van der Waals surface area contributed by atoms with Gasteiger partial charge in [0.05, 0.1) is 5.60 Å². The van der Waals surface area contributed by atoms with Gasteiger partial charge in [-0.2, -0.15) is 0 Å². The predicted octanol–water partition coefficient (Wildman–Crippen LogP) is 5.49. The van der Waals surface area contributed by atoms with E-state index in [1.54, 1.807) is 0 Å². The molecule has 1 aliphatic rings. The van der Waals surface area contributed by atoms with E-state index >= 15 is 0 Å². The summed E-state index contributed by atoms with van der Waals surface area (Å²) in [6, 6.07) is 4.35. The maximum absolute atomic E-state index is 5.93. The number of nitrogens with one attached hydrogen (secondary N) is 1. The molecule has 0 amide bonds. The molecule has 0 aliphatic carbocycles. The van der Waals surface area contributed by atoms with E-state index in [2.05, 4.69) is 50.5 Å². The van der Waals surface area contributed by atoms with E-state index in [1.807, 2.05) is 11.3 Å². The third kappa shape index (κ3) is 6.94. The third-order valence-electron chi connectivity index (χ3n) is 5.09. The summed E-state index contributed by atoms with van der Waals surface area (Å²) >= 11 is 1.84. The Balaban J connectivity index is 1.80. The van der Waals surface area contributed by atoms with Crippen molar-refractivity contribution in [3.63, 3.8) is 0 Å². The van der Waals surface area contributed by atoms with Crippen LogP contribution in [0.5, 0.6) is 0 Å². The lowest BCUT2D eigenvalue weighted by atomic mass is 9.75. The maximum Gasteiger partial charge on any atom is 0.0629 e. The highest BCUT2D eigenvalue weighted by Gasteiger charge is 2.33. The minimum Gasteiger partial charge on any atom is -0.376 e. The van der Waals surface area contributed by atoms with Gasteiger partial charge in [0.15, 0.2) is 0 Å². The number of hydrogen-bond acceptors (Lipinski definition) is 3. The van der Waals surface area contributed by atoms with Gasteiger partial charge in [0, 0.05) is 18.0 Å². The molecular weight excluding hydrogens is 302 g/mol. The molecular formula is C20H35NOS. The zero-order chi connectivity index (χ0) is 16.7. The first-order chi connectivity index (χ1) is 11.0. The molecule has 1 aromatic heterocycles. The number of hydrogen-bond donors (Lipinski definition) is 1. The van der Waals surface area contributed by atoms with Crippen molar-refractivity contribution in [2.75, 3.05) is 13.2 Å². The van der Waals surface area contributed by atoms with Crippen LogP contribution in [0.4, 0.5) is 0 Å². The van der Waals surface area contributed by atoms with Gasteiger partial charge in [-0.3, -0.25) is 0 Å². The minimum absolute atomic E-state index is 0.0728. The second-order valence-corrected chi connectivity index (χ2v) is 9.17. The fourth-order valence-corrected chi connectivity index (χ4v) is 4.43. The summed E-state index contributed by atoms with van der Waals surface area (Å²) in [6.45, 7) is 12.3. The molecule has 1 N–H and O–H groups in total. The van der Waals surface area contributed by atoms with Crippen LogP contribution in [0.3, 0.4) is 0 Å². The average molecular weight is 338 g/mol. The first kappa shape index (κ1) is 19.0. The molecule has 3 heteroatoms. The van der Waals surface area contributed by atoms with Crippen LogP contribution in [-0.4, -0.2) is 18.8 Å². The summed E-state index contributed by atoms with van der Waals surface area (Å²) in [5.74, 6) is 2.49. The van der Waals surface area contributed by atoms with Crippen molar-refractivity contribution in [3.05, 3.63) is 22.4 Å². The van der Waals surface area contributed by atoms with Crippen molar-refractivity contribution < 1.29 is 4.74 Å². The van der Waals surface area contributed by atoms with Gasteiger partial charge >= 0.3 is 0 Å². The predicted molar refractivity (Wildman–Crippen MR) is 101 cm³/mol. The molecule has 2 atom stereocenters. The summed E-state index contributed by atoms with van der Waals surface area (Å²) in [7, 11) is 0. The van der Waals surface area contributed by atoms with Crippen LogP contribution < -0.4 is 5.32 Å². The Morgan fingerprint density at radius 1 is 1.30 bits per heavy atom. The first-order valence-electron chi connectivity index (χ1n) is 9.33. The standard InChI is InChI=1S/C20H35NOS/c1-16(2)7-8-17(18-10-12-22-20(3,4)14-18)9-11-21-15-19-6-5-13-23-19/h5-6,13,16-18,21H,7-12,14-15H2,1-4H3. The van der Waals surface area contributed by atoms with Gasteiger partial charge < -0.3 is 10.1 Å². The van der Waals surface area contributed by atoms with Gasteiger partial charge in [-0.25, -0.2) is 0 Å². The van der Waals surface area contributed by atoms with Gasteiger partial charge in [-0.05, 0) is 75.3 Å². The summed E-state index contributed by atoms with van der Waals surface area (Å²) in [5.41, 5.74) is 0.0728. The Hall–Kier alpha value is -0.380. The largest absolute Gasteiger partial charge is 0.376 e. The van der Waals surface area contributed by atoms with Gasteiger partial charge in [0.1, 0.15) is 0 Å². The van der Waals surface area contributed by atoms with Crippen molar-refractivity contribution in [2.24, 2.45) is 17.8 Å². The minimum atomic E-state index is 0.0728. The number of ether oxygens (including phenoxy) is 1. The third-order valence-corrected chi connectivity index (χ3v) is 5.96.